The standard InChI is InChI=1S/C20H25N5OS/c26-19(15-11-23-27-12-15)25-10-9-24(13-20(14-25)5-6-20)17-3-1-2-7-21-18-16(17)4-8-22-18/h2,4,7-8,11-12,19,26H,1,3,5-6,9-10,13-14H2,(H,21,22)/b7-2-,17-16+. The lowest BCUT2D eigenvalue weighted by Gasteiger charge is -2.28. The van der Waals surface area contributed by atoms with Crippen molar-refractivity contribution >= 4 is 17.2 Å². The zero-order valence-electron chi connectivity index (χ0n) is 15.3. The van der Waals surface area contributed by atoms with E-state index in [1.165, 1.54) is 35.3 Å². The summed E-state index contributed by atoms with van der Waals surface area (Å²) in [7, 11) is 0. The predicted molar refractivity (Wildman–Crippen MR) is 105 cm³/mol. The average Bonchev–Trinajstić information content (AvgIpc) is 3.05. The molecule has 1 atom stereocenters. The van der Waals surface area contributed by atoms with Crippen LogP contribution in [0, 0.1) is 5.41 Å². The molecule has 2 N–H and O–H groups in total. The van der Waals surface area contributed by atoms with Crippen LogP contribution in [-0.2, 0) is 0 Å². The van der Waals surface area contributed by atoms with E-state index < -0.39 is 6.23 Å². The van der Waals surface area contributed by atoms with Crippen molar-refractivity contribution in [3.05, 3.63) is 52.4 Å². The summed E-state index contributed by atoms with van der Waals surface area (Å²) in [5.41, 5.74) is 3.56. The predicted octanol–water partition coefficient (Wildman–Crippen LogP) is 1.60. The van der Waals surface area contributed by atoms with Gasteiger partial charge in [-0.3, -0.25) is 4.90 Å². The van der Waals surface area contributed by atoms with Gasteiger partial charge < -0.3 is 15.0 Å². The summed E-state index contributed by atoms with van der Waals surface area (Å²) in [6.45, 7) is 3.81. The first-order chi connectivity index (χ1) is 13.2. The quantitative estimate of drug-likeness (QED) is 0.845. The third kappa shape index (κ3) is 3.35. The van der Waals surface area contributed by atoms with E-state index in [0.717, 1.165) is 50.1 Å². The molecule has 1 spiro atoms. The van der Waals surface area contributed by atoms with Crippen molar-refractivity contribution in [2.45, 2.75) is 31.9 Å². The van der Waals surface area contributed by atoms with Gasteiger partial charge in [-0.1, -0.05) is 6.08 Å². The Labute approximate surface area is 162 Å². The van der Waals surface area contributed by atoms with Gasteiger partial charge in [0.15, 0.2) is 0 Å². The Kier molecular flexibility index (Phi) is 4.38. The molecule has 1 unspecified atom stereocenters. The smallest absolute Gasteiger partial charge is 0.138 e. The Hall–Kier alpha value is -1.96. The number of aromatic amines is 1. The third-order valence-electron chi connectivity index (χ3n) is 6.05. The number of rotatable bonds is 3. The summed E-state index contributed by atoms with van der Waals surface area (Å²) < 4.78 is 4.16. The largest absolute Gasteiger partial charge is 0.374 e. The van der Waals surface area contributed by atoms with E-state index in [9.17, 15) is 5.11 Å². The first-order valence-electron chi connectivity index (χ1n) is 9.70. The Morgan fingerprint density at radius 1 is 1.26 bits per heavy atom. The monoisotopic (exact) mass is 383 g/mol. The Morgan fingerprint density at radius 3 is 3.00 bits per heavy atom. The van der Waals surface area contributed by atoms with E-state index in [-0.39, 0.29) is 0 Å². The molecule has 0 bridgehead atoms. The van der Waals surface area contributed by atoms with Crippen LogP contribution in [0.15, 0.2) is 41.1 Å². The summed E-state index contributed by atoms with van der Waals surface area (Å²) in [5, 5.41) is 14.0. The Balaban J connectivity index is 1.46. The first kappa shape index (κ1) is 17.2. The van der Waals surface area contributed by atoms with Crippen LogP contribution in [0.5, 0.6) is 0 Å². The van der Waals surface area contributed by atoms with Crippen LogP contribution in [0.1, 0.15) is 37.5 Å². The molecule has 27 heavy (non-hydrogen) atoms. The van der Waals surface area contributed by atoms with Gasteiger partial charge in [0.1, 0.15) is 11.7 Å². The molecule has 5 rings (SSSR count). The molecule has 1 saturated carbocycles. The van der Waals surface area contributed by atoms with Crippen molar-refractivity contribution in [1.82, 2.24) is 19.2 Å². The van der Waals surface area contributed by atoms with Crippen molar-refractivity contribution in [2.75, 3.05) is 26.2 Å². The molecule has 2 aromatic rings. The second kappa shape index (κ2) is 6.89. The minimum atomic E-state index is -0.552. The minimum absolute atomic E-state index is 0.305. The zero-order valence-corrected chi connectivity index (χ0v) is 16.2. The molecule has 2 fully saturated rings. The molecule has 142 valence electrons. The number of aromatic nitrogens is 2. The van der Waals surface area contributed by atoms with Gasteiger partial charge in [0.25, 0.3) is 0 Å². The maximum absolute atomic E-state index is 10.9. The number of H-pyrrole nitrogens is 1. The topological polar surface area (TPSA) is 67.8 Å². The van der Waals surface area contributed by atoms with Gasteiger partial charge in [0, 0.05) is 72.0 Å². The lowest BCUT2D eigenvalue weighted by Crippen LogP contribution is -2.37. The third-order valence-corrected chi connectivity index (χ3v) is 6.65. The maximum Gasteiger partial charge on any atom is 0.138 e. The van der Waals surface area contributed by atoms with Crippen LogP contribution in [0.4, 0.5) is 0 Å². The van der Waals surface area contributed by atoms with E-state index in [4.69, 9.17) is 0 Å². The highest BCUT2D eigenvalue weighted by Gasteiger charge is 2.48. The molecular weight excluding hydrogens is 358 g/mol. The van der Waals surface area contributed by atoms with Crippen molar-refractivity contribution in [3.8, 4) is 0 Å². The van der Waals surface area contributed by atoms with Crippen molar-refractivity contribution in [3.63, 3.8) is 0 Å². The number of nitrogens with zero attached hydrogens (tertiary/aromatic N) is 4. The summed E-state index contributed by atoms with van der Waals surface area (Å²) in [4.78, 5) is 12.6. The molecule has 7 heteroatoms. The molecule has 2 aromatic heterocycles. The zero-order chi connectivity index (χ0) is 18.3. The molecule has 0 amide bonds. The molecule has 2 aliphatic heterocycles. The van der Waals surface area contributed by atoms with Gasteiger partial charge >= 0.3 is 0 Å². The molecule has 4 heterocycles. The number of hydrogen-bond donors (Lipinski definition) is 2. The van der Waals surface area contributed by atoms with Crippen molar-refractivity contribution < 1.29 is 5.11 Å². The Morgan fingerprint density at radius 2 is 2.19 bits per heavy atom. The number of nitrogens with one attached hydrogen (secondary N) is 1. The second-order valence-electron chi connectivity index (χ2n) is 7.96. The van der Waals surface area contributed by atoms with Crippen LogP contribution in [-0.4, -0.2) is 50.4 Å². The summed E-state index contributed by atoms with van der Waals surface area (Å²) in [5.74, 6) is 0. The van der Waals surface area contributed by atoms with E-state index in [0.29, 0.717) is 5.41 Å². The molecule has 3 aliphatic rings. The second-order valence-corrected chi connectivity index (χ2v) is 8.62. The number of allylic oxidation sites excluding steroid dienone is 1. The fraction of sp³-hybridized carbons (Fsp3) is 0.500. The molecule has 6 nitrogen and oxygen atoms in total. The van der Waals surface area contributed by atoms with E-state index >= 15 is 0 Å². The highest BCUT2D eigenvalue weighted by Crippen LogP contribution is 2.49. The lowest BCUT2D eigenvalue weighted by atomic mass is 10.0. The molecule has 1 aliphatic carbocycles. The average molecular weight is 384 g/mol. The number of hydrogen-bond acceptors (Lipinski definition) is 6. The van der Waals surface area contributed by atoms with Crippen LogP contribution < -0.4 is 10.7 Å². The SMILES string of the molecule is OC(c1cnsc1)N1CCN(\C2=c3/cc[nH]/c3=N/C=C\CC2)CC2(CC2)C1. The summed E-state index contributed by atoms with van der Waals surface area (Å²) in [6, 6.07) is 2.15. The van der Waals surface area contributed by atoms with Crippen molar-refractivity contribution in [1.29, 1.82) is 0 Å². The fourth-order valence-corrected chi connectivity index (χ4v) is 4.91. The van der Waals surface area contributed by atoms with Crippen LogP contribution >= 0.6 is 11.5 Å². The normalized spacial score (nSPS) is 27.7. The highest BCUT2D eigenvalue weighted by molar-refractivity contribution is 7.03. The van der Waals surface area contributed by atoms with Crippen LogP contribution in [0.2, 0.25) is 0 Å². The van der Waals surface area contributed by atoms with Gasteiger partial charge in [-0.2, -0.15) is 0 Å². The lowest BCUT2D eigenvalue weighted by molar-refractivity contribution is -0.00375. The van der Waals surface area contributed by atoms with E-state index in [1.54, 1.807) is 6.20 Å². The number of aliphatic hydroxyl groups is 1. The highest BCUT2D eigenvalue weighted by atomic mass is 32.1. The minimum Gasteiger partial charge on any atom is -0.374 e. The number of aliphatic hydroxyl groups excluding tert-OH is 1. The van der Waals surface area contributed by atoms with Gasteiger partial charge in [-0.25, -0.2) is 9.37 Å². The summed E-state index contributed by atoms with van der Waals surface area (Å²) >= 11 is 1.40. The van der Waals surface area contributed by atoms with Gasteiger partial charge in [0.05, 0.1) is 0 Å². The molecule has 0 radical (unpaired) electrons. The van der Waals surface area contributed by atoms with Gasteiger partial charge in [0.2, 0.25) is 0 Å². The van der Waals surface area contributed by atoms with Crippen molar-refractivity contribution in [2.24, 2.45) is 10.4 Å². The Bertz CT molecular complexity index is 943. The summed E-state index contributed by atoms with van der Waals surface area (Å²) in [6.07, 6.45) is 11.8. The molecular formula is C20H25N5OS. The van der Waals surface area contributed by atoms with Gasteiger partial charge in [-0.05, 0) is 43.3 Å². The first-order valence-corrected chi connectivity index (χ1v) is 10.5. The maximum atomic E-state index is 10.9. The molecule has 0 aromatic carbocycles. The molecule has 1 saturated heterocycles. The van der Waals surface area contributed by atoms with Crippen LogP contribution in [0.25, 0.3) is 5.70 Å². The van der Waals surface area contributed by atoms with E-state index in [2.05, 4.69) is 36.3 Å². The van der Waals surface area contributed by atoms with Crippen LogP contribution in [0.3, 0.4) is 0 Å². The van der Waals surface area contributed by atoms with Gasteiger partial charge in [-0.15, -0.1) is 0 Å². The van der Waals surface area contributed by atoms with E-state index in [1.807, 2.05) is 17.8 Å². The fourth-order valence-electron chi connectivity index (χ4n) is 4.36. The number of fused-ring (bicyclic) bond motifs is 1.